The summed E-state index contributed by atoms with van der Waals surface area (Å²) in [4.78, 5) is 0. The summed E-state index contributed by atoms with van der Waals surface area (Å²) in [6, 6.07) is 3.98. The number of aliphatic hydroxyl groups excluding tert-OH is 1. The summed E-state index contributed by atoms with van der Waals surface area (Å²) in [6.45, 7) is 2.64. The van der Waals surface area contributed by atoms with Crippen molar-refractivity contribution in [2.75, 3.05) is 18.6 Å². The third kappa shape index (κ3) is 3.74. The Balaban J connectivity index is 2.24. The molecule has 80 valence electrons. The van der Waals surface area contributed by atoms with E-state index in [2.05, 4.69) is 18.5 Å². The predicted molar refractivity (Wildman–Crippen MR) is 59.5 cm³/mol. The second-order valence-corrected chi connectivity index (χ2v) is 4.21. The largest absolute Gasteiger partial charge is 0.467 e. The van der Waals surface area contributed by atoms with Gasteiger partial charge in [0.05, 0.1) is 6.26 Å². The zero-order valence-electron chi connectivity index (χ0n) is 8.56. The Morgan fingerprint density at radius 3 is 3.00 bits per heavy atom. The molecule has 0 aliphatic carbocycles. The van der Waals surface area contributed by atoms with Crippen LogP contribution < -0.4 is 5.32 Å². The van der Waals surface area contributed by atoms with E-state index in [1.165, 1.54) is 0 Å². The summed E-state index contributed by atoms with van der Waals surface area (Å²) in [6.07, 6.45) is 3.10. The van der Waals surface area contributed by atoms with Crippen LogP contribution in [0.25, 0.3) is 0 Å². The molecule has 0 aromatic carbocycles. The van der Waals surface area contributed by atoms with Crippen LogP contribution in [0.4, 0.5) is 0 Å². The lowest BCUT2D eigenvalue weighted by Gasteiger charge is -2.14. The minimum atomic E-state index is -0.547. The molecule has 1 aromatic rings. The fourth-order valence-electron chi connectivity index (χ4n) is 1.20. The van der Waals surface area contributed by atoms with Crippen LogP contribution in [0, 0.1) is 0 Å². The molecule has 2 atom stereocenters. The third-order valence-corrected chi connectivity index (χ3v) is 2.78. The Morgan fingerprint density at radius 2 is 2.43 bits per heavy atom. The molecule has 1 aromatic heterocycles. The van der Waals surface area contributed by atoms with Crippen molar-refractivity contribution in [2.45, 2.75) is 19.1 Å². The van der Waals surface area contributed by atoms with Crippen molar-refractivity contribution in [3.05, 3.63) is 24.2 Å². The second kappa shape index (κ2) is 6.11. The van der Waals surface area contributed by atoms with E-state index in [-0.39, 0.29) is 0 Å². The van der Waals surface area contributed by atoms with Gasteiger partial charge in [-0.2, -0.15) is 11.8 Å². The molecule has 3 nitrogen and oxygen atoms in total. The SMILES string of the molecule is CSCC(C)NCC(O)c1ccco1. The number of hydrogen-bond donors (Lipinski definition) is 2. The van der Waals surface area contributed by atoms with E-state index in [0.29, 0.717) is 18.3 Å². The van der Waals surface area contributed by atoms with E-state index in [0.717, 1.165) is 5.75 Å². The summed E-state index contributed by atoms with van der Waals surface area (Å²) in [5.74, 6) is 1.67. The van der Waals surface area contributed by atoms with Crippen LogP contribution in [-0.2, 0) is 0 Å². The molecule has 1 heterocycles. The smallest absolute Gasteiger partial charge is 0.133 e. The highest BCUT2D eigenvalue weighted by molar-refractivity contribution is 7.98. The van der Waals surface area contributed by atoms with Crippen molar-refractivity contribution in [3.63, 3.8) is 0 Å². The Morgan fingerprint density at radius 1 is 1.64 bits per heavy atom. The van der Waals surface area contributed by atoms with Gasteiger partial charge in [0.2, 0.25) is 0 Å². The van der Waals surface area contributed by atoms with Gasteiger partial charge in [0.25, 0.3) is 0 Å². The lowest BCUT2D eigenvalue weighted by atomic mass is 10.2. The van der Waals surface area contributed by atoms with Gasteiger partial charge < -0.3 is 14.8 Å². The Labute approximate surface area is 88.9 Å². The van der Waals surface area contributed by atoms with Crippen molar-refractivity contribution in [2.24, 2.45) is 0 Å². The van der Waals surface area contributed by atoms with Crippen LogP contribution in [0.5, 0.6) is 0 Å². The van der Waals surface area contributed by atoms with Crippen molar-refractivity contribution in [1.82, 2.24) is 5.32 Å². The van der Waals surface area contributed by atoms with Crippen LogP contribution in [0.1, 0.15) is 18.8 Å². The first-order chi connectivity index (χ1) is 6.74. The Hall–Kier alpha value is -0.450. The standard InChI is InChI=1S/C10H17NO2S/c1-8(7-14-2)11-6-9(12)10-4-3-5-13-10/h3-5,8-9,11-12H,6-7H2,1-2H3. The number of hydrogen-bond acceptors (Lipinski definition) is 4. The minimum Gasteiger partial charge on any atom is -0.467 e. The maximum Gasteiger partial charge on any atom is 0.133 e. The molecule has 0 bridgehead atoms. The first-order valence-corrected chi connectivity index (χ1v) is 6.07. The maximum absolute atomic E-state index is 9.66. The van der Waals surface area contributed by atoms with Gasteiger partial charge in [0.1, 0.15) is 11.9 Å². The molecule has 0 spiro atoms. The maximum atomic E-state index is 9.66. The van der Waals surface area contributed by atoms with Gasteiger partial charge in [-0.25, -0.2) is 0 Å². The molecular weight excluding hydrogens is 198 g/mol. The topological polar surface area (TPSA) is 45.4 Å². The number of aliphatic hydroxyl groups is 1. The van der Waals surface area contributed by atoms with Gasteiger partial charge >= 0.3 is 0 Å². The molecule has 0 saturated carbocycles. The number of thioether (sulfide) groups is 1. The van der Waals surface area contributed by atoms with Crippen LogP contribution in [-0.4, -0.2) is 29.7 Å². The van der Waals surface area contributed by atoms with Crippen molar-refractivity contribution >= 4 is 11.8 Å². The van der Waals surface area contributed by atoms with Gasteiger partial charge in [-0.1, -0.05) is 0 Å². The van der Waals surface area contributed by atoms with E-state index in [1.807, 2.05) is 0 Å². The van der Waals surface area contributed by atoms with Crippen molar-refractivity contribution in [1.29, 1.82) is 0 Å². The average molecular weight is 215 g/mol. The zero-order chi connectivity index (χ0) is 10.4. The Kier molecular flexibility index (Phi) is 5.07. The minimum absolute atomic E-state index is 0.412. The summed E-state index contributed by atoms with van der Waals surface area (Å²) in [5, 5.41) is 12.9. The molecule has 14 heavy (non-hydrogen) atoms. The molecule has 2 unspecified atom stereocenters. The first-order valence-electron chi connectivity index (χ1n) is 4.68. The monoisotopic (exact) mass is 215 g/mol. The van der Waals surface area contributed by atoms with E-state index >= 15 is 0 Å². The van der Waals surface area contributed by atoms with Gasteiger partial charge in [0.15, 0.2) is 0 Å². The number of furan rings is 1. The highest BCUT2D eigenvalue weighted by Crippen LogP contribution is 2.11. The first kappa shape index (κ1) is 11.6. The molecule has 0 amide bonds. The van der Waals surface area contributed by atoms with Crippen LogP contribution in [0.15, 0.2) is 22.8 Å². The molecule has 0 fully saturated rings. The van der Waals surface area contributed by atoms with Gasteiger partial charge in [-0.3, -0.25) is 0 Å². The fourth-order valence-corrected chi connectivity index (χ4v) is 1.82. The lowest BCUT2D eigenvalue weighted by molar-refractivity contribution is 0.145. The van der Waals surface area contributed by atoms with Crippen LogP contribution in [0.2, 0.25) is 0 Å². The van der Waals surface area contributed by atoms with E-state index in [4.69, 9.17) is 4.42 Å². The molecule has 2 N–H and O–H groups in total. The highest BCUT2D eigenvalue weighted by atomic mass is 32.2. The number of nitrogens with one attached hydrogen (secondary N) is 1. The lowest BCUT2D eigenvalue weighted by Crippen LogP contribution is -2.32. The van der Waals surface area contributed by atoms with Crippen LogP contribution >= 0.6 is 11.8 Å². The van der Waals surface area contributed by atoms with Gasteiger partial charge in [-0.05, 0) is 25.3 Å². The van der Waals surface area contributed by atoms with Crippen molar-refractivity contribution < 1.29 is 9.52 Å². The second-order valence-electron chi connectivity index (χ2n) is 3.30. The highest BCUT2D eigenvalue weighted by Gasteiger charge is 2.10. The summed E-state index contributed by atoms with van der Waals surface area (Å²) in [7, 11) is 0. The van der Waals surface area contributed by atoms with Gasteiger partial charge in [-0.15, -0.1) is 0 Å². The fraction of sp³-hybridized carbons (Fsp3) is 0.600. The molecule has 0 aliphatic rings. The third-order valence-electron chi connectivity index (χ3n) is 1.95. The Bertz CT molecular complexity index is 238. The molecule has 0 aliphatic heterocycles. The van der Waals surface area contributed by atoms with Crippen molar-refractivity contribution in [3.8, 4) is 0 Å². The molecule has 4 heteroatoms. The van der Waals surface area contributed by atoms with E-state index < -0.39 is 6.10 Å². The summed E-state index contributed by atoms with van der Waals surface area (Å²) >= 11 is 1.79. The molecule has 0 radical (unpaired) electrons. The molecule has 1 rings (SSSR count). The van der Waals surface area contributed by atoms with Crippen LogP contribution in [0.3, 0.4) is 0 Å². The molecular formula is C10H17NO2S. The van der Waals surface area contributed by atoms with E-state index in [9.17, 15) is 5.11 Å². The quantitative estimate of drug-likeness (QED) is 0.757. The summed E-state index contributed by atoms with van der Waals surface area (Å²) in [5.41, 5.74) is 0. The van der Waals surface area contributed by atoms with Gasteiger partial charge in [0, 0.05) is 18.3 Å². The predicted octanol–water partition coefficient (Wildman–Crippen LogP) is 1.65. The average Bonchev–Trinajstić information content (AvgIpc) is 2.67. The van der Waals surface area contributed by atoms with E-state index in [1.54, 1.807) is 30.2 Å². The number of rotatable bonds is 6. The summed E-state index contributed by atoms with van der Waals surface area (Å²) < 4.78 is 5.09. The normalized spacial score (nSPS) is 15.4. The zero-order valence-corrected chi connectivity index (χ0v) is 9.38. The molecule has 0 saturated heterocycles.